The number of fused-ring (bicyclic) bond motifs is 2. The van der Waals surface area contributed by atoms with Gasteiger partial charge >= 0.3 is 0 Å². The maximum absolute atomic E-state index is 4.78. The maximum atomic E-state index is 4.78. The largest absolute Gasteiger partial charge is 0.329 e. The number of hydrogen-bond donors (Lipinski definition) is 0. The van der Waals surface area contributed by atoms with E-state index in [0.29, 0.717) is 0 Å². The van der Waals surface area contributed by atoms with Crippen LogP contribution >= 0.6 is 0 Å². The average molecular weight is 274 g/mol. The van der Waals surface area contributed by atoms with Gasteiger partial charge in [0, 0.05) is 44.6 Å². The fourth-order valence-electron chi connectivity index (χ4n) is 4.13. The highest BCUT2D eigenvalue weighted by Crippen LogP contribution is 2.41. The molecule has 4 nitrogen and oxygen atoms in total. The highest BCUT2D eigenvalue weighted by Gasteiger charge is 2.45. The molecule has 0 unspecified atom stereocenters. The molecule has 0 bridgehead atoms. The Morgan fingerprint density at radius 3 is 2.65 bits per heavy atom. The zero-order valence-electron chi connectivity index (χ0n) is 12.8. The van der Waals surface area contributed by atoms with Gasteiger partial charge in [0.25, 0.3) is 0 Å². The Morgan fingerprint density at radius 2 is 1.95 bits per heavy atom. The first kappa shape index (κ1) is 12.8. The standard InChI is InChI=1S/C16H26N4/c1-13-11-17-15-16(18(2)9-10-20(13)15)5-7-19(8-6-16)12-14-3-4-14/h11,14H,3-10,12H2,1-2H3. The fraction of sp³-hybridized carbons (Fsp3) is 0.812. The molecule has 0 N–H and O–H groups in total. The van der Waals surface area contributed by atoms with Crippen molar-refractivity contribution in [3.63, 3.8) is 0 Å². The molecule has 2 aliphatic heterocycles. The van der Waals surface area contributed by atoms with Gasteiger partial charge in [0.15, 0.2) is 0 Å². The number of hydrogen-bond acceptors (Lipinski definition) is 3. The first-order chi connectivity index (χ1) is 9.69. The monoisotopic (exact) mass is 274 g/mol. The molecule has 4 rings (SSSR count). The van der Waals surface area contributed by atoms with Crippen LogP contribution in [-0.2, 0) is 12.1 Å². The summed E-state index contributed by atoms with van der Waals surface area (Å²) in [6.07, 6.45) is 7.47. The number of aromatic nitrogens is 2. The molecule has 1 aliphatic carbocycles. The van der Waals surface area contributed by atoms with Crippen molar-refractivity contribution in [3.05, 3.63) is 17.7 Å². The van der Waals surface area contributed by atoms with E-state index in [9.17, 15) is 0 Å². The second-order valence-corrected chi connectivity index (χ2v) is 7.07. The van der Waals surface area contributed by atoms with Gasteiger partial charge in [-0.15, -0.1) is 0 Å². The first-order valence-electron chi connectivity index (χ1n) is 8.15. The lowest BCUT2D eigenvalue weighted by atomic mass is 9.83. The van der Waals surface area contributed by atoms with Crippen molar-refractivity contribution in [2.75, 3.05) is 33.2 Å². The van der Waals surface area contributed by atoms with E-state index < -0.39 is 0 Å². The fourth-order valence-corrected chi connectivity index (χ4v) is 4.13. The molecule has 3 heterocycles. The van der Waals surface area contributed by atoms with Gasteiger partial charge in [0.2, 0.25) is 0 Å². The van der Waals surface area contributed by atoms with Gasteiger partial charge in [-0.1, -0.05) is 0 Å². The molecule has 1 aromatic heterocycles. The van der Waals surface area contributed by atoms with Crippen molar-refractivity contribution in [3.8, 4) is 0 Å². The molecular formula is C16H26N4. The van der Waals surface area contributed by atoms with Crippen LogP contribution in [0.25, 0.3) is 0 Å². The van der Waals surface area contributed by atoms with Crippen molar-refractivity contribution in [1.82, 2.24) is 19.4 Å². The van der Waals surface area contributed by atoms with Crippen molar-refractivity contribution in [2.24, 2.45) is 5.92 Å². The summed E-state index contributed by atoms with van der Waals surface area (Å²) in [6, 6.07) is 0. The lowest BCUT2D eigenvalue weighted by Gasteiger charge is -2.49. The molecule has 0 atom stereocenters. The van der Waals surface area contributed by atoms with E-state index in [1.165, 1.54) is 56.8 Å². The number of likely N-dealkylation sites (tertiary alicyclic amines) is 1. The van der Waals surface area contributed by atoms with Crippen LogP contribution in [0.15, 0.2) is 6.20 Å². The normalized spacial score (nSPS) is 26.9. The minimum absolute atomic E-state index is 0.201. The van der Waals surface area contributed by atoms with E-state index in [0.717, 1.165) is 19.0 Å². The van der Waals surface area contributed by atoms with Crippen molar-refractivity contribution in [1.29, 1.82) is 0 Å². The molecule has 1 spiro atoms. The van der Waals surface area contributed by atoms with Gasteiger partial charge in [-0.05, 0) is 45.6 Å². The van der Waals surface area contributed by atoms with Crippen LogP contribution in [0.4, 0.5) is 0 Å². The van der Waals surface area contributed by atoms with Gasteiger partial charge in [-0.3, -0.25) is 4.90 Å². The third-order valence-corrected chi connectivity index (χ3v) is 5.76. The van der Waals surface area contributed by atoms with Gasteiger partial charge in [0.05, 0.1) is 5.54 Å². The molecule has 1 aromatic rings. The van der Waals surface area contributed by atoms with E-state index in [2.05, 4.69) is 34.5 Å². The van der Waals surface area contributed by atoms with Crippen LogP contribution < -0.4 is 0 Å². The number of aryl methyl sites for hydroxylation is 1. The summed E-state index contributed by atoms with van der Waals surface area (Å²) in [4.78, 5) is 10.0. The maximum Gasteiger partial charge on any atom is 0.129 e. The average Bonchev–Trinajstić information content (AvgIpc) is 3.19. The third-order valence-electron chi connectivity index (χ3n) is 5.76. The van der Waals surface area contributed by atoms with Crippen LogP contribution in [-0.4, -0.2) is 52.6 Å². The molecule has 0 aromatic carbocycles. The summed E-state index contributed by atoms with van der Waals surface area (Å²) in [5.41, 5.74) is 1.53. The van der Waals surface area contributed by atoms with Crippen LogP contribution in [0.2, 0.25) is 0 Å². The predicted octanol–water partition coefficient (Wildman–Crippen LogP) is 1.84. The predicted molar refractivity (Wildman–Crippen MR) is 79.7 cm³/mol. The molecule has 1 saturated heterocycles. The lowest BCUT2D eigenvalue weighted by molar-refractivity contribution is 0.00740. The summed E-state index contributed by atoms with van der Waals surface area (Å²) in [5.74, 6) is 2.34. The van der Waals surface area contributed by atoms with Gasteiger partial charge in [-0.25, -0.2) is 4.98 Å². The zero-order chi connectivity index (χ0) is 13.7. The number of imidazole rings is 1. The van der Waals surface area contributed by atoms with E-state index in [1.54, 1.807) is 0 Å². The Balaban J connectivity index is 1.57. The van der Waals surface area contributed by atoms with Crippen LogP contribution in [0.1, 0.15) is 37.2 Å². The molecule has 0 radical (unpaired) electrons. The van der Waals surface area contributed by atoms with Crippen LogP contribution in [0.3, 0.4) is 0 Å². The third kappa shape index (κ3) is 1.92. The van der Waals surface area contributed by atoms with E-state index >= 15 is 0 Å². The van der Waals surface area contributed by atoms with Crippen molar-refractivity contribution in [2.45, 2.75) is 44.7 Å². The Bertz CT molecular complexity index is 495. The second-order valence-electron chi connectivity index (χ2n) is 7.07. The Morgan fingerprint density at radius 1 is 1.20 bits per heavy atom. The van der Waals surface area contributed by atoms with E-state index in [4.69, 9.17) is 4.98 Å². The SMILES string of the molecule is Cc1cnc2n1CCN(C)C21CCN(CC2CC2)CC1. The van der Waals surface area contributed by atoms with E-state index in [-0.39, 0.29) is 5.54 Å². The Hall–Kier alpha value is -0.870. The molecule has 110 valence electrons. The van der Waals surface area contributed by atoms with Crippen molar-refractivity contribution >= 4 is 0 Å². The van der Waals surface area contributed by atoms with Gasteiger partial charge in [0.1, 0.15) is 5.82 Å². The molecular weight excluding hydrogens is 248 g/mol. The lowest BCUT2D eigenvalue weighted by Crippen LogP contribution is -2.56. The van der Waals surface area contributed by atoms with Gasteiger partial charge in [-0.2, -0.15) is 0 Å². The van der Waals surface area contributed by atoms with Crippen LogP contribution in [0, 0.1) is 12.8 Å². The minimum Gasteiger partial charge on any atom is -0.329 e. The number of piperidine rings is 1. The molecule has 4 heteroatoms. The van der Waals surface area contributed by atoms with Crippen LogP contribution in [0.5, 0.6) is 0 Å². The summed E-state index contributed by atoms with van der Waals surface area (Å²) >= 11 is 0. The Kier molecular flexibility index (Phi) is 2.93. The quantitative estimate of drug-likeness (QED) is 0.822. The number of rotatable bonds is 2. The summed E-state index contributed by atoms with van der Waals surface area (Å²) < 4.78 is 2.45. The first-order valence-corrected chi connectivity index (χ1v) is 8.15. The molecule has 20 heavy (non-hydrogen) atoms. The highest BCUT2D eigenvalue weighted by molar-refractivity contribution is 5.18. The molecule has 0 amide bonds. The summed E-state index contributed by atoms with van der Waals surface area (Å²) in [5, 5.41) is 0. The van der Waals surface area contributed by atoms with Gasteiger partial charge < -0.3 is 9.47 Å². The summed E-state index contributed by atoms with van der Waals surface area (Å²) in [7, 11) is 2.30. The molecule has 3 aliphatic rings. The minimum atomic E-state index is 0.201. The Labute approximate surface area is 121 Å². The molecule has 1 saturated carbocycles. The zero-order valence-corrected chi connectivity index (χ0v) is 12.8. The highest BCUT2D eigenvalue weighted by atomic mass is 15.3. The second kappa shape index (κ2) is 4.57. The summed E-state index contributed by atoms with van der Waals surface area (Å²) in [6.45, 7) is 8.28. The molecule has 2 fully saturated rings. The van der Waals surface area contributed by atoms with Crippen molar-refractivity contribution < 1.29 is 0 Å². The number of likely N-dealkylation sites (N-methyl/N-ethyl adjacent to an activating group) is 1. The smallest absolute Gasteiger partial charge is 0.129 e. The topological polar surface area (TPSA) is 24.3 Å². The van der Waals surface area contributed by atoms with E-state index in [1.807, 2.05) is 0 Å². The number of nitrogens with zero attached hydrogens (tertiary/aromatic N) is 4.